The van der Waals surface area contributed by atoms with Gasteiger partial charge >= 0.3 is 0 Å². The highest BCUT2D eigenvalue weighted by Crippen LogP contribution is 2.40. The van der Waals surface area contributed by atoms with Crippen LogP contribution in [0.1, 0.15) is 51.1 Å². The highest BCUT2D eigenvalue weighted by molar-refractivity contribution is 6.32. The predicted octanol–water partition coefficient (Wildman–Crippen LogP) is 4.83. The molecular formula is C17H26ClNO. The first-order valence-electron chi connectivity index (χ1n) is 7.72. The molecular weight excluding hydrogens is 270 g/mol. The van der Waals surface area contributed by atoms with Gasteiger partial charge in [-0.25, -0.2) is 0 Å². The Morgan fingerprint density at radius 1 is 1.40 bits per heavy atom. The summed E-state index contributed by atoms with van der Waals surface area (Å²) in [4.78, 5) is 0. The minimum Gasteiger partial charge on any atom is -0.495 e. The van der Waals surface area contributed by atoms with Crippen molar-refractivity contribution in [2.24, 2.45) is 11.8 Å². The lowest BCUT2D eigenvalue weighted by Gasteiger charge is -2.26. The molecule has 2 rings (SSSR count). The standard InChI is InChI=1S/C17H26ClNO/c1-4-9-19-17(13-6-5-12(2)10-13)14-7-8-15(18)16(11-14)20-3/h7-8,11-13,17,19H,4-6,9-10H2,1-3H3. The van der Waals surface area contributed by atoms with Gasteiger partial charge in [-0.3, -0.25) is 0 Å². The topological polar surface area (TPSA) is 21.3 Å². The Bertz CT molecular complexity index is 435. The average Bonchev–Trinajstić information content (AvgIpc) is 2.87. The molecule has 1 saturated carbocycles. The normalized spacial score (nSPS) is 23.8. The van der Waals surface area contributed by atoms with Crippen LogP contribution in [0.2, 0.25) is 5.02 Å². The summed E-state index contributed by atoms with van der Waals surface area (Å²) in [6.45, 7) is 5.63. The summed E-state index contributed by atoms with van der Waals surface area (Å²) < 4.78 is 5.36. The van der Waals surface area contributed by atoms with Gasteiger partial charge in [-0.1, -0.05) is 37.9 Å². The van der Waals surface area contributed by atoms with E-state index in [-0.39, 0.29) is 0 Å². The molecule has 0 aliphatic heterocycles. The van der Waals surface area contributed by atoms with Gasteiger partial charge in [0.15, 0.2) is 0 Å². The van der Waals surface area contributed by atoms with Crippen molar-refractivity contribution >= 4 is 11.6 Å². The van der Waals surface area contributed by atoms with Crippen molar-refractivity contribution in [2.45, 2.75) is 45.6 Å². The molecule has 20 heavy (non-hydrogen) atoms. The Balaban J connectivity index is 2.21. The van der Waals surface area contributed by atoms with Crippen LogP contribution in [-0.4, -0.2) is 13.7 Å². The van der Waals surface area contributed by atoms with Crippen LogP contribution in [0, 0.1) is 11.8 Å². The summed E-state index contributed by atoms with van der Waals surface area (Å²) >= 11 is 6.14. The molecule has 3 heteroatoms. The second kappa shape index (κ2) is 7.33. The minimum absolute atomic E-state index is 0.422. The second-order valence-corrected chi connectivity index (χ2v) is 6.41. The molecule has 112 valence electrons. The Labute approximate surface area is 127 Å². The molecule has 0 amide bonds. The molecule has 1 aromatic rings. The van der Waals surface area contributed by atoms with E-state index in [0.717, 1.165) is 30.6 Å². The summed E-state index contributed by atoms with van der Waals surface area (Å²) in [6.07, 6.45) is 5.13. The first-order chi connectivity index (χ1) is 9.65. The zero-order valence-corrected chi connectivity index (χ0v) is 13.5. The molecule has 1 aliphatic rings. The lowest BCUT2D eigenvalue weighted by atomic mass is 9.90. The van der Waals surface area contributed by atoms with Gasteiger partial charge in [0.25, 0.3) is 0 Å². The first kappa shape index (κ1) is 15.7. The van der Waals surface area contributed by atoms with Crippen molar-refractivity contribution in [3.63, 3.8) is 0 Å². The number of rotatable bonds is 6. The van der Waals surface area contributed by atoms with Crippen LogP contribution in [0.3, 0.4) is 0 Å². The molecule has 1 fully saturated rings. The van der Waals surface area contributed by atoms with Crippen LogP contribution < -0.4 is 10.1 Å². The van der Waals surface area contributed by atoms with Gasteiger partial charge in [0.1, 0.15) is 5.75 Å². The van der Waals surface area contributed by atoms with Gasteiger partial charge in [0, 0.05) is 6.04 Å². The Morgan fingerprint density at radius 2 is 2.20 bits per heavy atom. The summed E-state index contributed by atoms with van der Waals surface area (Å²) in [5.74, 6) is 2.35. The molecule has 1 aromatic carbocycles. The molecule has 0 bridgehead atoms. The largest absolute Gasteiger partial charge is 0.495 e. The lowest BCUT2D eigenvalue weighted by Crippen LogP contribution is -2.28. The maximum atomic E-state index is 6.14. The SMILES string of the molecule is CCCNC(c1ccc(Cl)c(OC)c1)C1CCC(C)C1. The third kappa shape index (κ3) is 3.67. The molecule has 3 unspecified atom stereocenters. The number of hydrogen-bond donors (Lipinski definition) is 1. The number of halogens is 1. The van der Waals surface area contributed by atoms with Gasteiger partial charge in [-0.15, -0.1) is 0 Å². The van der Waals surface area contributed by atoms with Crippen LogP contribution in [0.5, 0.6) is 5.75 Å². The van der Waals surface area contributed by atoms with Crippen LogP contribution in [0.15, 0.2) is 18.2 Å². The first-order valence-corrected chi connectivity index (χ1v) is 8.10. The second-order valence-electron chi connectivity index (χ2n) is 6.00. The van der Waals surface area contributed by atoms with E-state index in [2.05, 4.69) is 31.3 Å². The van der Waals surface area contributed by atoms with E-state index in [9.17, 15) is 0 Å². The van der Waals surface area contributed by atoms with E-state index in [1.54, 1.807) is 7.11 Å². The molecule has 1 aliphatic carbocycles. The summed E-state index contributed by atoms with van der Waals surface area (Å²) in [7, 11) is 1.68. The van der Waals surface area contributed by atoms with Crippen molar-refractivity contribution in [2.75, 3.05) is 13.7 Å². The monoisotopic (exact) mass is 295 g/mol. The van der Waals surface area contributed by atoms with Crippen molar-refractivity contribution in [3.8, 4) is 5.75 Å². The van der Waals surface area contributed by atoms with E-state index in [1.807, 2.05) is 6.07 Å². The van der Waals surface area contributed by atoms with Gasteiger partial charge in [-0.05, 0) is 55.3 Å². The maximum Gasteiger partial charge on any atom is 0.137 e. The van der Waals surface area contributed by atoms with Crippen LogP contribution in [0.4, 0.5) is 0 Å². The molecule has 0 radical (unpaired) electrons. The number of methoxy groups -OCH3 is 1. The predicted molar refractivity (Wildman–Crippen MR) is 85.5 cm³/mol. The van der Waals surface area contributed by atoms with Crippen molar-refractivity contribution in [3.05, 3.63) is 28.8 Å². The molecule has 0 saturated heterocycles. The smallest absolute Gasteiger partial charge is 0.137 e. The van der Waals surface area contributed by atoms with Crippen LogP contribution >= 0.6 is 11.6 Å². The van der Waals surface area contributed by atoms with Crippen molar-refractivity contribution in [1.82, 2.24) is 5.32 Å². The van der Waals surface area contributed by atoms with Crippen LogP contribution in [-0.2, 0) is 0 Å². The number of ether oxygens (including phenoxy) is 1. The number of nitrogens with one attached hydrogen (secondary N) is 1. The molecule has 3 atom stereocenters. The van der Waals surface area contributed by atoms with E-state index < -0.39 is 0 Å². The molecule has 1 N–H and O–H groups in total. The fraction of sp³-hybridized carbons (Fsp3) is 0.647. The average molecular weight is 296 g/mol. The third-order valence-electron chi connectivity index (χ3n) is 4.36. The number of hydrogen-bond acceptors (Lipinski definition) is 2. The summed E-state index contributed by atoms with van der Waals surface area (Å²) in [5.41, 5.74) is 1.30. The third-order valence-corrected chi connectivity index (χ3v) is 4.67. The molecule has 2 nitrogen and oxygen atoms in total. The quantitative estimate of drug-likeness (QED) is 0.812. The zero-order valence-electron chi connectivity index (χ0n) is 12.8. The van der Waals surface area contributed by atoms with E-state index in [4.69, 9.17) is 16.3 Å². The number of benzene rings is 1. The fourth-order valence-electron chi connectivity index (χ4n) is 3.28. The molecule has 0 aromatic heterocycles. The highest BCUT2D eigenvalue weighted by atomic mass is 35.5. The highest BCUT2D eigenvalue weighted by Gasteiger charge is 2.29. The Hall–Kier alpha value is -0.730. The lowest BCUT2D eigenvalue weighted by molar-refractivity contribution is 0.356. The van der Waals surface area contributed by atoms with E-state index in [0.29, 0.717) is 11.1 Å². The van der Waals surface area contributed by atoms with Gasteiger partial charge in [0.05, 0.1) is 12.1 Å². The fourth-order valence-corrected chi connectivity index (χ4v) is 3.47. The minimum atomic E-state index is 0.422. The Kier molecular flexibility index (Phi) is 5.74. The van der Waals surface area contributed by atoms with Crippen molar-refractivity contribution < 1.29 is 4.74 Å². The van der Waals surface area contributed by atoms with Crippen LogP contribution in [0.25, 0.3) is 0 Å². The Morgan fingerprint density at radius 3 is 2.80 bits per heavy atom. The molecule has 0 spiro atoms. The van der Waals surface area contributed by atoms with E-state index >= 15 is 0 Å². The van der Waals surface area contributed by atoms with Gasteiger partial charge < -0.3 is 10.1 Å². The van der Waals surface area contributed by atoms with E-state index in [1.165, 1.54) is 24.8 Å². The van der Waals surface area contributed by atoms with Gasteiger partial charge in [-0.2, -0.15) is 0 Å². The summed E-state index contributed by atoms with van der Waals surface area (Å²) in [6, 6.07) is 6.61. The molecule has 0 heterocycles. The zero-order chi connectivity index (χ0) is 14.5. The summed E-state index contributed by atoms with van der Waals surface area (Å²) in [5, 5.41) is 4.41. The van der Waals surface area contributed by atoms with Crippen molar-refractivity contribution in [1.29, 1.82) is 0 Å². The maximum absolute atomic E-state index is 6.14. The van der Waals surface area contributed by atoms with Gasteiger partial charge in [0.2, 0.25) is 0 Å².